The molecular weight excluding hydrogens is 372 g/mol. The largest absolute Gasteiger partial charge is 0.374 e. The fraction of sp³-hybridized carbons (Fsp3) is 0.500. The molecule has 0 radical (unpaired) electrons. The molecule has 11 heteroatoms. The Morgan fingerprint density at radius 2 is 2.08 bits per heavy atom. The average Bonchev–Trinajstić information content (AvgIpc) is 3.04. The molecule has 0 aromatic heterocycles. The van der Waals surface area contributed by atoms with Gasteiger partial charge in [0, 0.05) is 0 Å². The zero-order valence-electron chi connectivity index (χ0n) is 13.2. The van der Waals surface area contributed by atoms with E-state index in [1.165, 1.54) is 0 Å². The van der Waals surface area contributed by atoms with Crippen LogP contribution in [0.1, 0.15) is 5.56 Å². The number of sulfonamides is 1. The van der Waals surface area contributed by atoms with Gasteiger partial charge in [0.15, 0.2) is 11.6 Å². The van der Waals surface area contributed by atoms with Gasteiger partial charge in [0.05, 0.1) is 25.5 Å². The summed E-state index contributed by atoms with van der Waals surface area (Å²) in [5.41, 5.74) is -0.894. The molecule has 1 aromatic carbocycles. The van der Waals surface area contributed by atoms with Gasteiger partial charge in [-0.1, -0.05) is 30.3 Å². The molecule has 136 valence electrons. The Labute approximate surface area is 147 Å². The zero-order valence-corrected chi connectivity index (χ0v) is 14.8. The molecule has 2 saturated heterocycles. The highest BCUT2D eigenvalue weighted by Crippen LogP contribution is 2.39. The van der Waals surface area contributed by atoms with E-state index < -0.39 is 45.4 Å². The number of benzene rings is 1. The Bertz CT molecular complexity index is 795. The van der Waals surface area contributed by atoms with Crippen molar-refractivity contribution >= 4 is 21.4 Å². The Kier molecular flexibility index (Phi) is 5.21. The molecule has 1 unspecified atom stereocenters. The minimum atomic E-state index is -3.79. The smallest absolute Gasteiger partial charge is 0.307 e. The number of fused-ring (bicyclic) bond motifs is 1. The summed E-state index contributed by atoms with van der Waals surface area (Å²) in [5, 5.41) is 9.65. The number of ether oxygens (including phenoxy) is 2. The van der Waals surface area contributed by atoms with Crippen LogP contribution in [0.4, 0.5) is 0 Å². The molecule has 2 fully saturated rings. The second-order valence-electron chi connectivity index (χ2n) is 5.67. The van der Waals surface area contributed by atoms with Gasteiger partial charge in [-0.15, -0.1) is 0 Å². The van der Waals surface area contributed by atoms with Crippen molar-refractivity contribution in [3.8, 4) is 6.07 Å². The maximum Gasteiger partial charge on any atom is 0.307 e. The van der Waals surface area contributed by atoms with Crippen LogP contribution < -0.4 is 4.72 Å². The third-order valence-electron chi connectivity index (χ3n) is 3.78. The second kappa shape index (κ2) is 7.08. The van der Waals surface area contributed by atoms with E-state index >= 15 is 0 Å². The van der Waals surface area contributed by atoms with Crippen molar-refractivity contribution in [2.45, 2.75) is 30.6 Å². The topological polar surface area (TPSA) is 124 Å². The summed E-state index contributed by atoms with van der Waals surface area (Å²) in [7, 11) is -3.79. The summed E-state index contributed by atoms with van der Waals surface area (Å²) in [4.78, 5) is 0. The SMILES string of the molecule is CS(=O)(=O)N[C@]1(C#N)[C@@H](COCc2ccccc2)O[C@@H]2OS(=O)O[C@@H]21. The third kappa shape index (κ3) is 3.90. The predicted molar refractivity (Wildman–Crippen MR) is 85.2 cm³/mol. The Hall–Kier alpha value is -1.39. The van der Waals surface area contributed by atoms with Gasteiger partial charge in [0.25, 0.3) is 0 Å². The lowest BCUT2D eigenvalue weighted by Gasteiger charge is -2.29. The van der Waals surface area contributed by atoms with E-state index in [4.69, 9.17) is 17.8 Å². The van der Waals surface area contributed by atoms with Crippen LogP contribution in [0.3, 0.4) is 0 Å². The minimum Gasteiger partial charge on any atom is -0.374 e. The summed E-state index contributed by atoms with van der Waals surface area (Å²) in [6.07, 6.45) is -2.38. The molecule has 0 spiro atoms. The summed E-state index contributed by atoms with van der Waals surface area (Å²) in [6.45, 7) is 0.168. The van der Waals surface area contributed by atoms with Crippen LogP contribution in [0, 0.1) is 11.3 Å². The maximum atomic E-state index is 11.7. The lowest BCUT2D eigenvalue weighted by molar-refractivity contribution is -0.0941. The summed E-state index contributed by atoms with van der Waals surface area (Å²) < 4.78 is 58.2. The first kappa shape index (κ1) is 18.4. The molecule has 1 aromatic rings. The monoisotopic (exact) mass is 388 g/mol. The number of rotatable bonds is 6. The number of hydrogen-bond acceptors (Lipinski definition) is 8. The lowest BCUT2D eigenvalue weighted by Crippen LogP contribution is -2.60. The molecule has 2 heterocycles. The maximum absolute atomic E-state index is 11.7. The molecule has 0 saturated carbocycles. The highest BCUT2D eigenvalue weighted by molar-refractivity contribution is 7.88. The van der Waals surface area contributed by atoms with E-state index in [1.54, 1.807) is 0 Å². The Morgan fingerprint density at radius 1 is 1.36 bits per heavy atom. The van der Waals surface area contributed by atoms with Crippen LogP contribution in [0.25, 0.3) is 0 Å². The van der Waals surface area contributed by atoms with Crippen molar-refractivity contribution in [1.82, 2.24) is 4.72 Å². The van der Waals surface area contributed by atoms with Crippen LogP contribution in [-0.4, -0.2) is 49.5 Å². The molecule has 3 rings (SSSR count). The molecule has 2 aliphatic heterocycles. The molecular formula is C14H16N2O7S2. The molecule has 1 N–H and O–H groups in total. The first-order valence-electron chi connectivity index (χ1n) is 7.27. The van der Waals surface area contributed by atoms with Crippen LogP contribution in [0.2, 0.25) is 0 Å². The van der Waals surface area contributed by atoms with Gasteiger partial charge < -0.3 is 9.47 Å². The van der Waals surface area contributed by atoms with E-state index in [9.17, 15) is 17.9 Å². The summed E-state index contributed by atoms with van der Waals surface area (Å²) >= 11 is -2.11. The third-order valence-corrected chi connectivity index (χ3v) is 5.20. The molecule has 0 bridgehead atoms. The highest BCUT2D eigenvalue weighted by atomic mass is 32.2. The van der Waals surface area contributed by atoms with E-state index in [0.717, 1.165) is 11.8 Å². The van der Waals surface area contributed by atoms with Gasteiger partial charge in [-0.25, -0.2) is 12.6 Å². The fourth-order valence-electron chi connectivity index (χ4n) is 2.74. The van der Waals surface area contributed by atoms with Crippen LogP contribution >= 0.6 is 0 Å². The molecule has 0 amide bonds. The molecule has 9 nitrogen and oxygen atoms in total. The average molecular weight is 388 g/mol. The first-order chi connectivity index (χ1) is 11.8. The van der Waals surface area contributed by atoms with E-state index in [2.05, 4.69) is 4.72 Å². The predicted octanol–water partition coefficient (Wildman–Crippen LogP) is -0.266. The highest BCUT2D eigenvalue weighted by Gasteiger charge is 2.64. The van der Waals surface area contributed by atoms with E-state index in [-0.39, 0.29) is 13.2 Å². The van der Waals surface area contributed by atoms with Crippen molar-refractivity contribution in [2.75, 3.05) is 12.9 Å². The summed E-state index contributed by atoms with van der Waals surface area (Å²) in [5.74, 6) is 0. The second-order valence-corrected chi connectivity index (χ2v) is 8.21. The van der Waals surface area contributed by atoms with Gasteiger partial charge in [0.2, 0.25) is 16.3 Å². The van der Waals surface area contributed by atoms with Crippen molar-refractivity contribution < 1.29 is 30.5 Å². The number of hydrogen-bond donors (Lipinski definition) is 1. The first-order valence-corrected chi connectivity index (χ1v) is 10.2. The molecule has 2 aliphatic rings. The summed E-state index contributed by atoms with van der Waals surface area (Å²) in [6, 6.07) is 11.2. The van der Waals surface area contributed by atoms with Gasteiger partial charge in [-0.2, -0.15) is 14.2 Å². The molecule has 25 heavy (non-hydrogen) atoms. The van der Waals surface area contributed by atoms with Crippen molar-refractivity contribution in [3.63, 3.8) is 0 Å². The number of nitrogens with zero attached hydrogens (tertiary/aromatic N) is 1. The van der Waals surface area contributed by atoms with Crippen molar-refractivity contribution in [2.24, 2.45) is 0 Å². The van der Waals surface area contributed by atoms with Gasteiger partial charge in [-0.05, 0) is 5.56 Å². The van der Waals surface area contributed by atoms with E-state index in [0.29, 0.717) is 0 Å². The number of nitrogens with one attached hydrogen (secondary N) is 1. The Balaban J connectivity index is 1.77. The molecule has 5 atom stereocenters. The minimum absolute atomic E-state index is 0.0860. The van der Waals surface area contributed by atoms with Gasteiger partial charge in [-0.3, -0.25) is 4.18 Å². The Morgan fingerprint density at radius 3 is 2.72 bits per heavy atom. The quantitative estimate of drug-likeness (QED) is 0.706. The van der Waals surface area contributed by atoms with E-state index in [1.807, 2.05) is 36.4 Å². The van der Waals surface area contributed by atoms with Crippen molar-refractivity contribution in [1.29, 1.82) is 5.26 Å². The molecule has 0 aliphatic carbocycles. The fourth-order valence-corrected chi connectivity index (χ4v) is 4.40. The normalized spacial score (nSPS) is 34.6. The van der Waals surface area contributed by atoms with Crippen LogP contribution in [0.5, 0.6) is 0 Å². The lowest BCUT2D eigenvalue weighted by atomic mass is 9.91. The van der Waals surface area contributed by atoms with Crippen molar-refractivity contribution in [3.05, 3.63) is 35.9 Å². The van der Waals surface area contributed by atoms with Crippen LogP contribution in [0.15, 0.2) is 30.3 Å². The van der Waals surface area contributed by atoms with Gasteiger partial charge in [0.1, 0.15) is 6.10 Å². The zero-order chi connectivity index (χ0) is 18.1. The van der Waals surface area contributed by atoms with Gasteiger partial charge >= 0.3 is 11.4 Å². The standard InChI is InChI=1S/C14H16N2O7S2/c1-25(18,19)16-14(9-15)11(21-13-12(14)22-24(17)23-13)8-20-7-10-5-3-2-4-6-10/h2-6,11-13,16H,7-8H2,1H3/t11-,12+,13-,14-,24?/m1/s1. The number of nitriles is 1. The van der Waals surface area contributed by atoms with Crippen LogP contribution in [-0.2, 0) is 45.8 Å².